The molecule has 0 aromatic rings. The molecule has 2 nitrogen and oxygen atoms in total. The van der Waals surface area contributed by atoms with Crippen LogP contribution in [0.5, 0.6) is 0 Å². The predicted octanol–water partition coefficient (Wildman–Crippen LogP) is 0.916. The molecule has 0 fully saturated rings. The smallest absolute Gasteiger partial charge is 0.308 e. The molecule has 4 heteroatoms. The van der Waals surface area contributed by atoms with Gasteiger partial charge in [0.25, 0.3) is 0 Å². The van der Waals surface area contributed by atoms with Crippen LogP contribution in [0.2, 0.25) is 19.6 Å². The van der Waals surface area contributed by atoms with Crippen LogP contribution in [-0.4, -0.2) is 30.6 Å². The molecule has 0 atom stereocenters. The molecule has 0 saturated heterocycles. The topological polar surface area (TPSA) is 18.5 Å². The van der Waals surface area contributed by atoms with Gasteiger partial charge < -0.3 is 8.85 Å². The minimum absolute atomic E-state index is 0.706. The zero-order chi connectivity index (χ0) is 7.49. The van der Waals surface area contributed by atoms with Crippen LogP contribution < -0.4 is 0 Å². The van der Waals surface area contributed by atoms with E-state index in [2.05, 4.69) is 19.6 Å². The highest BCUT2D eigenvalue weighted by Gasteiger charge is 2.33. The molecule has 0 aromatic heterocycles. The molecule has 0 amide bonds. The Bertz CT molecular complexity index is 81.0. The van der Waals surface area contributed by atoms with Gasteiger partial charge in [-0.1, -0.05) is 13.1 Å². The Morgan fingerprint density at radius 2 is 1.44 bits per heavy atom. The van der Waals surface area contributed by atoms with Gasteiger partial charge in [0.05, 0.1) is 8.31 Å². The van der Waals surface area contributed by atoms with E-state index in [0.29, 0.717) is 0 Å². The normalized spacial score (nSPS) is 12.7. The summed E-state index contributed by atoms with van der Waals surface area (Å²) >= 11 is 0. The Balaban J connectivity index is 3.92. The van der Waals surface area contributed by atoms with E-state index in [9.17, 15) is 0 Å². The number of hydrogen-bond acceptors (Lipinski definition) is 2. The van der Waals surface area contributed by atoms with Crippen molar-refractivity contribution in [3.8, 4) is 0 Å². The molecule has 0 unspecified atom stereocenters. The Morgan fingerprint density at radius 3 is 1.44 bits per heavy atom. The molecular weight excluding hydrogens is 148 g/mol. The van der Waals surface area contributed by atoms with Gasteiger partial charge in [-0.05, 0) is 6.55 Å². The highest BCUT2D eigenvalue weighted by molar-refractivity contribution is 7.25. The van der Waals surface area contributed by atoms with E-state index in [1.807, 2.05) is 0 Å². The average molecular weight is 164 g/mol. The van der Waals surface area contributed by atoms with Crippen LogP contribution in [0.4, 0.5) is 0 Å². The second-order valence-corrected chi connectivity index (χ2v) is 14.3. The first kappa shape index (κ1) is 9.35. The zero-order valence-corrected chi connectivity index (χ0v) is 9.05. The molecule has 9 heavy (non-hydrogen) atoms. The largest absolute Gasteiger partial charge is 0.400 e. The summed E-state index contributed by atoms with van der Waals surface area (Å²) in [5.74, 6) is 0. The van der Waals surface area contributed by atoms with Gasteiger partial charge >= 0.3 is 8.08 Å². The summed E-state index contributed by atoms with van der Waals surface area (Å²) in [7, 11) is 1.16. The van der Waals surface area contributed by atoms with E-state index in [0.717, 1.165) is 0 Å². The molecule has 0 rings (SSSR count). The molecule has 0 N–H and O–H groups in total. The van der Waals surface area contributed by atoms with Gasteiger partial charge in [-0.2, -0.15) is 0 Å². The van der Waals surface area contributed by atoms with Gasteiger partial charge in [0, 0.05) is 14.2 Å². The van der Waals surface area contributed by atoms with Crippen molar-refractivity contribution in [2.24, 2.45) is 0 Å². The third-order valence-electron chi connectivity index (χ3n) is 1.86. The first-order valence-electron chi connectivity index (χ1n) is 3.17. The molecule has 0 aliphatic heterocycles. The van der Waals surface area contributed by atoms with E-state index in [4.69, 9.17) is 8.85 Å². The molecular formula is C5H16O2Si2. The van der Waals surface area contributed by atoms with E-state index in [1.165, 1.54) is 0 Å². The molecule has 0 radical (unpaired) electrons. The van der Waals surface area contributed by atoms with Crippen molar-refractivity contribution in [2.75, 3.05) is 14.2 Å². The summed E-state index contributed by atoms with van der Waals surface area (Å²) in [6.07, 6.45) is 0. The summed E-state index contributed by atoms with van der Waals surface area (Å²) < 4.78 is 10.7. The minimum Gasteiger partial charge on any atom is -0.400 e. The number of hydrogen-bond donors (Lipinski definition) is 0. The van der Waals surface area contributed by atoms with Crippen molar-refractivity contribution >= 4 is 16.4 Å². The Labute approximate surface area is 59.8 Å². The van der Waals surface area contributed by atoms with Crippen LogP contribution >= 0.6 is 0 Å². The average Bonchev–Trinajstić information content (AvgIpc) is 1.86. The quantitative estimate of drug-likeness (QED) is 0.578. The fourth-order valence-electron chi connectivity index (χ4n) is 0.555. The highest BCUT2D eigenvalue weighted by atomic mass is 29.3. The van der Waals surface area contributed by atoms with E-state index >= 15 is 0 Å². The van der Waals surface area contributed by atoms with Gasteiger partial charge in [-0.3, -0.25) is 0 Å². The fraction of sp³-hybridized carbons (Fsp3) is 1.00. The zero-order valence-electron chi connectivity index (χ0n) is 6.89. The van der Waals surface area contributed by atoms with Gasteiger partial charge in [0.2, 0.25) is 0 Å². The monoisotopic (exact) mass is 164 g/mol. The Hall–Kier alpha value is 0.354. The second kappa shape index (κ2) is 3.50. The first-order valence-corrected chi connectivity index (χ1v) is 9.60. The van der Waals surface area contributed by atoms with Crippen molar-refractivity contribution < 1.29 is 8.85 Å². The summed E-state index contributed by atoms with van der Waals surface area (Å²) in [6, 6.07) is 0. The van der Waals surface area contributed by atoms with Gasteiger partial charge in [0.15, 0.2) is 0 Å². The molecule has 0 aliphatic rings. The van der Waals surface area contributed by atoms with E-state index in [-0.39, 0.29) is 0 Å². The van der Waals surface area contributed by atoms with Crippen molar-refractivity contribution in [1.82, 2.24) is 0 Å². The predicted molar refractivity (Wildman–Crippen MR) is 44.5 cm³/mol. The molecule has 56 valence electrons. The van der Waals surface area contributed by atoms with Crippen LogP contribution in [0.25, 0.3) is 0 Å². The maximum atomic E-state index is 5.33. The second-order valence-electron chi connectivity index (χ2n) is 2.58. The third kappa shape index (κ3) is 2.21. The maximum Gasteiger partial charge on any atom is 0.308 e. The first-order chi connectivity index (χ1) is 4.06. The summed E-state index contributed by atoms with van der Waals surface area (Å²) in [6.45, 7) is 6.66. The van der Waals surface area contributed by atoms with Crippen molar-refractivity contribution in [3.05, 3.63) is 0 Å². The SMILES string of the molecule is CO[Si](C)(OC)[SiH](C)C. The summed E-state index contributed by atoms with van der Waals surface area (Å²) in [5, 5.41) is 0. The van der Waals surface area contributed by atoms with Crippen LogP contribution in [0.1, 0.15) is 0 Å². The van der Waals surface area contributed by atoms with Gasteiger partial charge in [-0.25, -0.2) is 0 Å². The molecule has 0 aromatic carbocycles. The third-order valence-corrected chi connectivity index (χ3v) is 13.3. The lowest BCUT2D eigenvalue weighted by atomic mass is 11.8. The standard InChI is InChI=1S/C5H16O2Si2/c1-6-9(5,7-2)8(3)4/h8H,1-5H3. The fourth-order valence-corrected chi connectivity index (χ4v) is 4.49. The van der Waals surface area contributed by atoms with Crippen molar-refractivity contribution in [1.29, 1.82) is 0 Å². The maximum absolute atomic E-state index is 5.33. The molecule has 0 saturated carbocycles. The van der Waals surface area contributed by atoms with Crippen LogP contribution in [0.3, 0.4) is 0 Å². The van der Waals surface area contributed by atoms with E-state index < -0.39 is 16.4 Å². The highest BCUT2D eigenvalue weighted by Crippen LogP contribution is 2.07. The van der Waals surface area contributed by atoms with E-state index in [1.54, 1.807) is 14.2 Å². The van der Waals surface area contributed by atoms with Crippen LogP contribution in [0.15, 0.2) is 0 Å². The molecule has 0 heterocycles. The lowest BCUT2D eigenvalue weighted by Crippen LogP contribution is -2.49. The minimum atomic E-state index is -1.64. The van der Waals surface area contributed by atoms with Crippen LogP contribution in [-0.2, 0) is 8.85 Å². The Kier molecular flexibility index (Phi) is 3.64. The lowest BCUT2D eigenvalue weighted by molar-refractivity contribution is 0.271. The van der Waals surface area contributed by atoms with Gasteiger partial charge in [0.1, 0.15) is 0 Å². The van der Waals surface area contributed by atoms with Crippen LogP contribution in [0, 0.1) is 0 Å². The Morgan fingerprint density at radius 1 is 1.11 bits per heavy atom. The summed E-state index contributed by atoms with van der Waals surface area (Å²) in [5.41, 5.74) is 0. The van der Waals surface area contributed by atoms with Gasteiger partial charge in [-0.15, -0.1) is 0 Å². The molecule has 0 bridgehead atoms. The molecule has 0 spiro atoms. The lowest BCUT2D eigenvalue weighted by Gasteiger charge is -2.25. The van der Waals surface area contributed by atoms with Crippen molar-refractivity contribution in [3.63, 3.8) is 0 Å². The number of rotatable bonds is 3. The summed E-state index contributed by atoms with van der Waals surface area (Å²) in [4.78, 5) is 0. The van der Waals surface area contributed by atoms with Crippen molar-refractivity contribution in [2.45, 2.75) is 19.6 Å². The molecule has 0 aliphatic carbocycles.